The molecule has 2 aromatic carbocycles. The van der Waals surface area contributed by atoms with E-state index in [1.54, 1.807) is 30.1 Å². The first kappa shape index (κ1) is 19.2. The summed E-state index contributed by atoms with van der Waals surface area (Å²) in [5, 5.41) is 7.11. The van der Waals surface area contributed by atoms with Crippen molar-refractivity contribution in [2.75, 3.05) is 19.0 Å². The molecule has 0 spiro atoms. The van der Waals surface area contributed by atoms with Crippen molar-refractivity contribution in [2.45, 2.75) is 13.3 Å². The standard InChI is InChI=1S/C22H23N3O3/c1-3-15-28-19-11-9-17(16-20(19)27-2)10-12-22(26)23-21-13-14-25(24-21)18-7-5-4-6-8-18/h4-14,16H,3,15H2,1-2H3,(H,23,24,26)/b12-10+. The molecule has 6 heteroatoms. The first-order valence-corrected chi connectivity index (χ1v) is 9.10. The minimum absolute atomic E-state index is 0.261. The topological polar surface area (TPSA) is 65.4 Å². The molecule has 0 aliphatic heterocycles. The van der Waals surface area contributed by atoms with E-state index in [2.05, 4.69) is 10.4 Å². The maximum Gasteiger partial charge on any atom is 0.249 e. The Kier molecular flexibility index (Phi) is 6.46. The van der Waals surface area contributed by atoms with Gasteiger partial charge in [-0.15, -0.1) is 0 Å². The number of amides is 1. The molecule has 0 saturated heterocycles. The number of benzene rings is 2. The molecule has 1 heterocycles. The fraction of sp³-hybridized carbons (Fsp3) is 0.182. The van der Waals surface area contributed by atoms with Crippen LogP contribution in [0.1, 0.15) is 18.9 Å². The molecule has 0 saturated carbocycles. The molecule has 0 fully saturated rings. The fourth-order valence-corrected chi connectivity index (χ4v) is 2.57. The highest BCUT2D eigenvalue weighted by Crippen LogP contribution is 2.28. The van der Waals surface area contributed by atoms with E-state index in [0.717, 1.165) is 17.7 Å². The number of ether oxygens (including phenoxy) is 2. The second kappa shape index (κ2) is 9.41. The minimum Gasteiger partial charge on any atom is -0.493 e. The number of rotatable bonds is 8. The Bertz CT molecular complexity index is 949. The van der Waals surface area contributed by atoms with Gasteiger partial charge in [0.05, 0.1) is 19.4 Å². The van der Waals surface area contributed by atoms with Gasteiger partial charge in [0.15, 0.2) is 17.3 Å². The van der Waals surface area contributed by atoms with Gasteiger partial charge in [-0.3, -0.25) is 4.79 Å². The van der Waals surface area contributed by atoms with Crippen molar-refractivity contribution in [1.82, 2.24) is 9.78 Å². The summed E-state index contributed by atoms with van der Waals surface area (Å²) in [6, 6.07) is 17.0. The summed E-state index contributed by atoms with van der Waals surface area (Å²) in [7, 11) is 1.59. The Morgan fingerprint density at radius 2 is 1.96 bits per heavy atom. The monoisotopic (exact) mass is 377 g/mol. The molecule has 0 radical (unpaired) electrons. The summed E-state index contributed by atoms with van der Waals surface area (Å²) in [6.07, 6.45) is 5.90. The molecule has 0 aliphatic rings. The van der Waals surface area contributed by atoms with Crippen molar-refractivity contribution >= 4 is 17.8 Å². The summed E-state index contributed by atoms with van der Waals surface area (Å²) >= 11 is 0. The molecule has 0 bridgehead atoms. The van der Waals surface area contributed by atoms with Crippen LogP contribution < -0.4 is 14.8 Å². The summed E-state index contributed by atoms with van der Waals surface area (Å²) in [4.78, 5) is 12.2. The van der Waals surface area contributed by atoms with Crippen LogP contribution in [-0.4, -0.2) is 29.4 Å². The molecule has 28 heavy (non-hydrogen) atoms. The van der Waals surface area contributed by atoms with Crippen LogP contribution in [0.15, 0.2) is 66.9 Å². The highest BCUT2D eigenvalue weighted by atomic mass is 16.5. The van der Waals surface area contributed by atoms with E-state index in [9.17, 15) is 4.79 Å². The van der Waals surface area contributed by atoms with Gasteiger partial charge >= 0.3 is 0 Å². The Morgan fingerprint density at radius 3 is 2.71 bits per heavy atom. The second-order valence-corrected chi connectivity index (χ2v) is 6.06. The van der Waals surface area contributed by atoms with E-state index in [-0.39, 0.29) is 5.91 Å². The molecule has 144 valence electrons. The Balaban J connectivity index is 1.63. The second-order valence-electron chi connectivity index (χ2n) is 6.06. The lowest BCUT2D eigenvalue weighted by molar-refractivity contribution is -0.111. The number of anilines is 1. The smallest absolute Gasteiger partial charge is 0.249 e. The molecule has 6 nitrogen and oxygen atoms in total. The van der Waals surface area contributed by atoms with Gasteiger partial charge in [0.2, 0.25) is 5.91 Å². The van der Waals surface area contributed by atoms with Crippen LogP contribution in [0.3, 0.4) is 0 Å². The van der Waals surface area contributed by atoms with Gasteiger partial charge in [0.25, 0.3) is 0 Å². The average molecular weight is 377 g/mol. The quantitative estimate of drug-likeness (QED) is 0.594. The largest absolute Gasteiger partial charge is 0.493 e. The van der Waals surface area contributed by atoms with Gasteiger partial charge in [0, 0.05) is 18.3 Å². The number of nitrogens with one attached hydrogen (secondary N) is 1. The molecule has 0 unspecified atom stereocenters. The number of methoxy groups -OCH3 is 1. The lowest BCUT2D eigenvalue weighted by atomic mass is 10.2. The van der Waals surface area contributed by atoms with Crippen molar-refractivity contribution in [2.24, 2.45) is 0 Å². The number of para-hydroxylation sites is 1. The van der Waals surface area contributed by atoms with Crippen LogP contribution in [0.4, 0.5) is 5.82 Å². The number of nitrogens with zero attached hydrogens (tertiary/aromatic N) is 2. The van der Waals surface area contributed by atoms with Crippen LogP contribution >= 0.6 is 0 Å². The molecule has 1 N–H and O–H groups in total. The van der Waals surface area contributed by atoms with Gasteiger partial charge in [-0.25, -0.2) is 4.68 Å². The van der Waals surface area contributed by atoms with E-state index in [4.69, 9.17) is 9.47 Å². The van der Waals surface area contributed by atoms with Gasteiger partial charge in [0.1, 0.15) is 0 Å². The average Bonchev–Trinajstić information content (AvgIpc) is 3.20. The first-order chi connectivity index (χ1) is 13.7. The summed E-state index contributed by atoms with van der Waals surface area (Å²) < 4.78 is 12.7. The fourth-order valence-electron chi connectivity index (χ4n) is 2.57. The SMILES string of the molecule is CCCOc1ccc(/C=C/C(=O)Nc2ccn(-c3ccccc3)n2)cc1OC. The van der Waals surface area contributed by atoms with Gasteiger partial charge in [-0.1, -0.05) is 31.2 Å². The van der Waals surface area contributed by atoms with E-state index in [0.29, 0.717) is 23.9 Å². The third kappa shape index (κ3) is 5.01. The predicted molar refractivity (Wildman–Crippen MR) is 110 cm³/mol. The van der Waals surface area contributed by atoms with E-state index in [1.165, 1.54) is 6.08 Å². The van der Waals surface area contributed by atoms with E-state index in [1.807, 2.05) is 55.5 Å². The summed E-state index contributed by atoms with van der Waals surface area (Å²) in [5.74, 6) is 1.55. The molecule has 3 rings (SSSR count). The molecular formula is C22H23N3O3. The van der Waals surface area contributed by atoms with E-state index >= 15 is 0 Å². The normalized spacial score (nSPS) is 10.8. The lowest BCUT2D eigenvalue weighted by Gasteiger charge is -2.10. The number of aromatic nitrogens is 2. The predicted octanol–water partition coefficient (Wildman–Crippen LogP) is 4.32. The first-order valence-electron chi connectivity index (χ1n) is 9.10. The molecule has 1 aromatic heterocycles. The van der Waals surface area contributed by atoms with E-state index < -0.39 is 0 Å². The number of hydrogen-bond acceptors (Lipinski definition) is 4. The number of hydrogen-bond donors (Lipinski definition) is 1. The van der Waals surface area contributed by atoms with Crippen molar-refractivity contribution in [3.63, 3.8) is 0 Å². The maximum absolute atomic E-state index is 12.2. The molecule has 0 atom stereocenters. The number of carbonyl (C=O) groups excluding carboxylic acids is 1. The molecule has 0 aliphatic carbocycles. The van der Waals surface area contributed by atoms with Crippen molar-refractivity contribution in [3.8, 4) is 17.2 Å². The number of carbonyl (C=O) groups is 1. The molecule has 1 amide bonds. The van der Waals surface area contributed by atoms with Gasteiger partial charge in [-0.05, 0) is 42.3 Å². The Hall–Kier alpha value is -3.54. The zero-order chi connectivity index (χ0) is 19.8. The minimum atomic E-state index is -0.261. The van der Waals surface area contributed by atoms with Gasteiger partial charge in [-0.2, -0.15) is 5.10 Å². The Morgan fingerprint density at radius 1 is 1.14 bits per heavy atom. The van der Waals surface area contributed by atoms with Crippen molar-refractivity contribution in [1.29, 1.82) is 0 Å². The Labute approximate surface area is 164 Å². The third-order valence-corrected chi connectivity index (χ3v) is 3.94. The molecule has 3 aromatic rings. The zero-order valence-electron chi connectivity index (χ0n) is 16.0. The van der Waals surface area contributed by atoms with Crippen LogP contribution in [0.5, 0.6) is 11.5 Å². The van der Waals surface area contributed by atoms with Gasteiger partial charge < -0.3 is 14.8 Å². The van der Waals surface area contributed by atoms with Crippen LogP contribution in [0, 0.1) is 0 Å². The van der Waals surface area contributed by atoms with Crippen LogP contribution in [0.2, 0.25) is 0 Å². The zero-order valence-corrected chi connectivity index (χ0v) is 16.0. The molecular weight excluding hydrogens is 354 g/mol. The maximum atomic E-state index is 12.2. The lowest BCUT2D eigenvalue weighted by Crippen LogP contribution is -2.08. The van der Waals surface area contributed by atoms with Crippen molar-refractivity contribution < 1.29 is 14.3 Å². The third-order valence-electron chi connectivity index (χ3n) is 3.94. The van der Waals surface area contributed by atoms with Crippen molar-refractivity contribution in [3.05, 3.63) is 72.4 Å². The van der Waals surface area contributed by atoms with Crippen LogP contribution in [-0.2, 0) is 4.79 Å². The highest BCUT2D eigenvalue weighted by molar-refractivity contribution is 6.01. The van der Waals surface area contributed by atoms with Crippen LogP contribution in [0.25, 0.3) is 11.8 Å². The highest BCUT2D eigenvalue weighted by Gasteiger charge is 2.06. The summed E-state index contributed by atoms with van der Waals surface area (Å²) in [5.41, 5.74) is 1.77. The summed E-state index contributed by atoms with van der Waals surface area (Å²) in [6.45, 7) is 2.68.